The van der Waals surface area contributed by atoms with E-state index >= 15 is 0 Å². The molecule has 2 amide bonds. The lowest BCUT2D eigenvalue weighted by Crippen LogP contribution is -2.43. The Bertz CT molecular complexity index is 1510. The summed E-state index contributed by atoms with van der Waals surface area (Å²) >= 11 is 1.46. The largest absolute Gasteiger partial charge is 0.351 e. The summed E-state index contributed by atoms with van der Waals surface area (Å²) in [6.45, 7) is 8.73. The van der Waals surface area contributed by atoms with Crippen LogP contribution in [0.1, 0.15) is 72.0 Å². The van der Waals surface area contributed by atoms with E-state index in [1.54, 1.807) is 29.9 Å². The number of hydrogen-bond acceptors (Lipinski definition) is 7. The second kappa shape index (κ2) is 9.63. The molecule has 0 unspecified atom stereocenters. The number of fused-ring (bicyclic) bond motifs is 1. The van der Waals surface area contributed by atoms with Gasteiger partial charge in [-0.3, -0.25) is 24.2 Å². The van der Waals surface area contributed by atoms with Gasteiger partial charge in [0.05, 0.1) is 46.6 Å². The number of carbonyl (C=O) groups is 2. The fourth-order valence-corrected chi connectivity index (χ4v) is 6.07. The van der Waals surface area contributed by atoms with E-state index in [1.807, 2.05) is 22.5 Å². The van der Waals surface area contributed by atoms with Crippen molar-refractivity contribution < 1.29 is 9.59 Å². The van der Waals surface area contributed by atoms with E-state index in [-0.39, 0.29) is 17.4 Å². The molecule has 10 nitrogen and oxygen atoms in total. The highest BCUT2D eigenvalue weighted by molar-refractivity contribution is 7.16. The van der Waals surface area contributed by atoms with E-state index in [2.05, 4.69) is 44.6 Å². The zero-order valence-corrected chi connectivity index (χ0v) is 22.7. The van der Waals surface area contributed by atoms with Crippen molar-refractivity contribution >= 4 is 33.7 Å². The van der Waals surface area contributed by atoms with Crippen LogP contribution in [0.5, 0.6) is 0 Å². The molecule has 1 saturated heterocycles. The Kier molecular flexibility index (Phi) is 6.27. The SMILES string of the molecule is Cc1ncc(C(=O)NCCN2CCCC2(C)C)cc1NC(=O)c1cnn2c(-c3cnn(C4CC4)c3)csc12. The summed E-state index contributed by atoms with van der Waals surface area (Å²) < 4.78 is 3.78. The highest BCUT2D eigenvalue weighted by atomic mass is 32.1. The van der Waals surface area contributed by atoms with Crippen molar-refractivity contribution in [2.24, 2.45) is 0 Å². The Morgan fingerprint density at radius 1 is 1.16 bits per heavy atom. The van der Waals surface area contributed by atoms with Crippen molar-refractivity contribution in [3.05, 3.63) is 53.1 Å². The normalized spacial score (nSPS) is 17.2. The molecule has 1 aliphatic heterocycles. The minimum atomic E-state index is -0.291. The summed E-state index contributed by atoms with van der Waals surface area (Å²) in [5, 5.41) is 16.9. The average molecular weight is 533 g/mol. The van der Waals surface area contributed by atoms with Gasteiger partial charge in [0.2, 0.25) is 0 Å². The summed E-state index contributed by atoms with van der Waals surface area (Å²) in [7, 11) is 0. The quantitative estimate of drug-likeness (QED) is 0.353. The highest BCUT2D eigenvalue weighted by Crippen LogP contribution is 2.36. The molecule has 0 radical (unpaired) electrons. The molecule has 1 saturated carbocycles. The van der Waals surface area contributed by atoms with Gasteiger partial charge in [0.25, 0.3) is 11.8 Å². The molecule has 38 heavy (non-hydrogen) atoms. The van der Waals surface area contributed by atoms with Crippen LogP contribution in [0.25, 0.3) is 16.1 Å². The van der Waals surface area contributed by atoms with Gasteiger partial charge in [0.15, 0.2) is 0 Å². The first kappa shape index (κ1) is 24.7. The maximum absolute atomic E-state index is 13.2. The van der Waals surface area contributed by atoms with Crippen molar-refractivity contribution in [3.8, 4) is 11.3 Å². The number of carbonyl (C=O) groups excluding carboxylic acids is 2. The first-order valence-corrected chi connectivity index (χ1v) is 14.0. The standard InChI is InChI=1S/C27H32N8O2S/c1-17-22(11-18(12-29-17)24(36)28-8-10-33-9-4-7-27(33,2)3)32-25(37)21-14-31-35-23(16-38-26(21)35)19-13-30-34(15-19)20-5-6-20/h11-16,20H,4-10H2,1-3H3,(H,28,36)(H,32,37). The van der Waals surface area contributed by atoms with Crippen LogP contribution < -0.4 is 10.6 Å². The number of nitrogens with one attached hydrogen (secondary N) is 2. The minimum absolute atomic E-state index is 0.175. The van der Waals surface area contributed by atoms with Crippen molar-refractivity contribution in [1.82, 2.24) is 34.6 Å². The van der Waals surface area contributed by atoms with Crippen LogP contribution in [-0.2, 0) is 0 Å². The summed E-state index contributed by atoms with van der Waals surface area (Å²) in [5.41, 5.74) is 4.09. The molecule has 0 aromatic carbocycles. The van der Waals surface area contributed by atoms with Gasteiger partial charge in [-0.1, -0.05) is 0 Å². The number of pyridine rings is 1. The van der Waals surface area contributed by atoms with Crippen LogP contribution in [0.15, 0.2) is 36.2 Å². The molecule has 0 bridgehead atoms. The van der Waals surface area contributed by atoms with Crippen molar-refractivity contribution in [2.45, 2.75) is 58.0 Å². The van der Waals surface area contributed by atoms with E-state index in [0.717, 1.165) is 29.2 Å². The second-order valence-corrected chi connectivity index (χ2v) is 11.7. The Morgan fingerprint density at radius 3 is 2.76 bits per heavy atom. The zero-order chi connectivity index (χ0) is 26.4. The van der Waals surface area contributed by atoms with Gasteiger partial charge in [-0.25, -0.2) is 4.52 Å². The Morgan fingerprint density at radius 2 is 2.00 bits per heavy atom. The molecule has 6 rings (SSSR count). The van der Waals surface area contributed by atoms with Crippen molar-refractivity contribution in [2.75, 3.05) is 25.0 Å². The molecule has 2 aliphatic rings. The second-order valence-electron chi connectivity index (χ2n) is 10.8. The summed E-state index contributed by atoms with van der Waals surface area (Å²) in [6, 6.07) is 2.19. The number of likely N-dealkylation sites (tertiary alicyclic amines) is 1. The molecule has 2 N–H and O–H groups in total. The third-order valence-corrected chi connectivity index (χ3v) is 8.59. The summed E-state index contributed by atoms with van der Waals surface area (Å²) in [6.07, 6.45) is 11.7. The van der Waals surface area contributed by atoms with Crippen LogP contribution in [0.4, 0.5) is 5.69 Å². The lowest BCUT2D eigenvalue weighted by molar-refractivity contribution is 0.0938. The number of thiazole rings is 1. The molecule has 4 aromatic heterocycles. The van der Waals surface area contributed by atoms with Crippen LogP contribution in [0.2, 0.25) is 0 Å². The molecular weight excluding hydrogens is 500 g/mol. The smallest absolute Gasteiger partial charge is 0.260 e. The molecule has 0 spiro atoms. The maximum atomic E-state index is 13.2. The van der Waals surface area contributed by atoms with Gasteiger partial charge < -0.3 is 10.6 Å². The fourth-order valence-electron chi connectivity index (χ4n) is 5.10. The number of amides is 2. The van der Waals surface area contributed by atoms with E-state index in [9.17, 15) is 9.59 Å². The molecule has 11 heteroatoms. The Hall–Kier alpha value is -3.57. The molecule has 5 heterocycles. The minimum Gasteiger partial charge on any atom is -0.351 e. The van der Waals surface area contributed by atoms with Crippen molar-refractivity contribution in [3.63, 3.8) is 0 Å². The highest BCUT2D eigenvalue weighted by Gasteiger charge is 2.31. The Labute approximate surface area is 225 Å². The monoisotopic (exact) mass is 532 g/mol. The van der Waals surface area contributed by atoms with Crippen LogP contribution >= 0.6 is 11.3 Å². The van der Waals surface area contributed by atoms with Gasteiger partial charge in [0, 0.05) is 42.0 Å². The topological polar surface area (TPSA) is 109 Å². The number of rotatable bonds is 8. The van der Waals surface area contributed by atoms with Crippen LogP contribution in [0.3, 0.4) is 0 Å². The van der Waals surface area contributed by atoms with Gasteiger partial charge in [-0.15, -0.1) is 11.3 Å². The first-order chi connectivity index (χ1) is 18.3. The predicted molar refractivity (Wildman–Crippen MR) is 147 cm³/mol. The van der Waals surface area contributed by atoms with E-state index in [4.69, 9.17) is 0 Å². The average Bonchev–Trinajstić information content (AvgIpc) is 3.21. The van der Waals surface area contributed by atoms with Crippen molar-refractivity contribution in [1.29, 1.82) is 0 Å². The predicted octanol–water partition coefficient (Wildman–Crippen LogP) is 4.15. The fraction of sp³-hybridized carbons (Fsp3) is 0.444. The van der Waals surface area contributed by atoms with Crippen LogP contribution in [0, 0.1) is 6.92 Å². The third-order valence-electron chi connectivity index (χ3n) is 7.64. The molecule has 1 aliphatic carbocycles. The van der Waals surface area contributed by atoms with Gasteiger partial charge in [-0.2, -0.15) is 10.2 Å². The van der Waals surface area contributed by atoms with E-state index < -0.39 is 0 Å². The van der Waals surface area contributed by atoms with Gasteiger partial charge in [0.1, 0.15) is 4.83 Å². The number of nitrogens with zero attached hydrogens (tertiary/aromatic N) is 6. The number of aromatic nitrogens is 5. The molecule has 0 atom stereocenters. The summed E-state index contributed by atoms with van der Waals surface area (Å²) in [5.74, 6) is -0.492. The Balaban J connectivity index is 1.14. The van der Waals surface area contributed by atoms with E-state index in [0.29, 0.717) is 35.1 Å². The molecule has 198 valence electrons. The molecule has 4 aromatic rings. The lowest BCUT2D eigenvalue weighted by Gasteiger charge is -2.31. The number of anilines is 1. The van der Waals surface area contributed by atoms with Gasteiger partial charge >= 0.3 is 0 Å². The molecular formula is C27H32N8O2S. The number of aryl methyl sites for hydroxylation is 1. The van der Waals surface area contributed by atoms with Gasteiger partial charge in [-0.05, 0) is 59.1 Å². The third kappa shape index (κ3) is 4.71. The van der Waals surface area contributed by atoms with Crippen LogP contribution in [-0.4, -0.2) is 66.3 Å². The number of hydrogen-bond donors (Lipinski definition) is 2. The van der Waals surface area contributed by atoms with E-state index in [1.165, 1.54) is 37.0 Å². The molecule has 2 fully saturated rings. The maximum Gasteiger partial charge on any atom is 0.260 e. The summed E-state index contributed by atoms with van der Waals surface area (Å²) in [4.78, 5) is 33.6. The lowest BCUT2D eigenvalue weighted by atomic mass is 10.0. The zero-order valence-electron chi connectivity index (χ0n) is 21.9. The first-order valence-electron chi connectivity index (χ1n) is 13.1.